The Kier molecular flexibility index (Phi) is 7.41. The van der Waals surface area contributed by atoms with Crippen molar-refractivity contribution < 1.29 is 19.0 Å². The van der Waals surface area contributed by atoms with Crippen LogP contribution in [0.3, 0.4) is 0 Å². The molecule has 0 aliphatic heterocycles. The van der Waals surface area contributed by atoms with Crippen LogP contribution in [0.5, 0.6) is 17.2 Å². The van der Waals surface area contributed by atoms with Gasteiger partial charge >= 0.3 is 0 Å². The molecule has 2 rings (SSSR count). The van der Waals surface area contributed by atoms with Gasteiger partial charge in [-0.2, -0.15) is 0 Å². The van der Waals surface area contributed by atoms with E-state index < -0.39 is 6.10 Å². The number of benzene rings is 2. The minimum absolute atomic E-state index is 0.198. The fraction of sp³-hybridized carbons (Fsp3) is 0.316. The van der Waals surface area contributed by atoms with Crippen LogP contribution in [0, 0.1) is 0 Å². The fourth-order valence-corrected chi connectivity index (χ4v) is 2.34. The highest BCUT2D eigenvalue weighted by Gasteiger charge is 2.18. The quantitative estimate of drug-likeness (QED) is 0.690. The van der Waals surface area contributed by atoms with Gasteiger partial charge in [0.05, 0.1) is 18.7 Å². The van der Waals surface area contributed by atoms with Crippen LogP contribution in [0.25, 0.3) is 0 Å². The topological polar surface area (TPSA) is 56.8 Å². The summed E-state index contributed by atoms with van der Waals surface area (Å²) >= 11 is 6.06. The standard InChI is InChI=1S/C19H22ClNO4/c1-3-17(25-18-10-5-4-9-16(18)20)19(22)21-11-12-24-15-8-6-7-14(13-15)23-2/h4-10,13,17H,3,11-12H2,1-2H3,(H,21,22). The molecular formula is C19H22ClNO4. The van der Waals surface area contributed by atoms with Gasteiger partial charge in [-0.3, -0.25) is 4.79 Å². The molecule has 0 fully saturated rings. The van der Waals surface area contributed by atoms with Crippen LogP contribution in [0.2, 0.25) is 5.02 Å². The molecule has 0 aliphatic rings. The molecule has 0 spiro atoms. The maximum Gasteiger partial charge on any atom is 0.261 e. The zero-order valence-electron chi connectivity index (χ0n) is 14.3. The number of halogens is 1. The Hall–Kier alpha value is -2.40. The van der Waals surface area contributed by atoms with Crippen molar-refractivity contribution in [3.63, 3.8) is 0 Å². The van der Waals surface area contributed by atoms with Crippen molar-refractivity contribution >= 4 is 17.5 Å². The van der Waals surface area contributed by atoms with Crippen molar-refractivity contribution in [2.24, 2.45) is 0 Å². The van der Waals surface area contributed by atoms with Crippen LogP contribution in [0.1, 0.15) is 13.3 Å². The highest BCUT2D eigenvalue weighted by molar-refractivity contribution is 6.32. The van der Waals surface area contributed by atoms with Gasteiger partial charge in [0, 0.05) is 6.07 Å². The molecule has 0 aromatic heterocycles. The van der Waals surface area contributed by atoms with E-state index >= 15 is 0 Å². The van der Waals surface area contributed by atoms with E-state index in [9.17, 15) is 4.79 Å². The van der Waals surface area contributed by atoms with E-state index in [1.54, 1.807) is 25.3 Å². The third kappa shape index (κ3) is 5.87. The number of rotatable bonds is 9. The molecular weight excluding hydrogens is 342 g/mol. The Balaban J connectivity index is 1.79. The van der Waals surface area contributed by atoms with Gasteiger partial charge < -0.3 is 19.5 Å². The van der Waals surface area contributed by atoms with Crippen LogP contribution in [0.4, 0.5) is 0 Å². The number of ether oxygens (including phenoxy) is 3. The maximum atomic E-state index is 12.2. The Labute approximate surface area is 152 Å². The summed E-state index contributed by atoms with van der Waals surface area (Å²) in [4.78, 5) is 12.2. The highest BCUT2D eigenvalue weighted by atomic mass is 35.5. The predicted octanol–water partition coefficient (Wildman–Crippen LogP) is 3.70. The predicted molar refractivity (Wildman–Crippen MR) is 97.7 cm³/mol. The Bertz CT molecular complexity index is 693. The third-order valence-electron chi connectivity index (χ3n) is 3.48. The average molecular weight is 364 g/mol. The van der Waals surface area contributed by atoms with E-state index in [2.05, 4.69) is 5.32 Å². The molecule has 134 valence electrons. The van der Waals surface area contributed by atoms with Crippen LogP contribution in [-0.2, 0) is 4.79 Å². The minimum atomic E-state index is -0.600. The fourth-order valence-electron chi connectivity index (χ4n) is 2.16. The van der Waals surface area contributed by atoms with Gasteiger partial charge in [-0.25, -0.2) is 0 Å². The number of nitrogens with one attached hydrogen (secondary N) is 1. The SMILES string of the molecule is CCC(Oc1ccccc1Cl)C(=O)NCCOc1cccc(OC)c1. The molecule has 25 heavy (non-hydrogen) atoms. The molecule has 1 amide bonds. The molecule has 0 aliphatic carbocycles. The first kappa shape index (κ1) is 18.9. The number of amides is 1. The summed E-state index contributed by atoms with van der Waals surface area (Å²) in [5.41, 5.74) is 0. The summed E-state index contributed by atoms with van der Waals surface area (Å²) in [6.07, 6.45) is -0.0647. The smallest absolute Gasteiger partial charge is 0.261 e. The Morgan fingerprint density at radius 2 is 1.92 bits per heavy atom. The van der Waals surface area contributed by atoms with E-state index in [1.165, 1.54) is 0 Å². The molecule has 0 saturated carbocycles. The van der Waals surface area contributed by atoms with Crippen molar-refractivity contribution in [1.29, 1.82) is 0 Å². The number of hydrogen-bond donors (Lipinski definition) is 1. The second-order valence-corrected chi connectivity index (χ2v) is 5.67. The first-order valence-electron chi connectivity index (χ1n) is 8.09. The number of carbonyl (C=O) groups is 1. The third-order valence-corrected chi connectivity index (χ3v) is 3.79. The molecule has 1 atom stereocenters. The molecule has 0 radical (unpaired) electrons. The first-order valence-corrected chi connectivity index (χ1v) is 8.47. The molecule has 0 heterocycles. The molecule has 2 aromatic carbocycles. The van der Waals surface area contributed by atoms with Crippen molar-refractivity contribution in [3.05, 3.63) is 53.6 Å². The van der Waals surface area contributed by atoms with Gasteiger partial charge in [0.25, 0.3) is 5.91 Å². The normalized spacial score (nSPS) is 11.5. The first-order chi connectivity index (χ1) is 12.1. The van der Waals surface area contributed by atoms with E-state index in [4.69, 9.17) is 25.8 Å². The summed E-state index contributed by atoms with van der Waals surface area (Å²) in [6.45, 7) is 2.60. The lowest BCUT2D eigenvalue weighted by atomic mass is 10.2. The number of para-hydroxylation sites is 1. The Morgan fingerprint density at radius 1 is 1.16 bits per heavy atom. The lowest BCUT2D eigenvalue weighted by Crippen LogP contribution is -2.39. The van der Waals surface area contributed by atoms with E-state index in [0.29, 0.717) is 36.1 Å². The van der Waals surface area contributed by atoms with Crippen molar-refractivity contribution in [2.45, 2.75) is 19.4 Å². The van der Waals surface area contributed by atoms with Gasteiger partial charge in [-0.1, -0.05) is 36.7 Å². The summed E-state index contributed by atoms with van der Waals surface area (Å²) < 4.78 is 16.4. The molecule has 1 N–H and O–H groups in total. The second-order valence-electron chi connectivity index (χ2n) is 5.26. The summed E-state index contributed by atoms with van der Waals surface area (Å²) in [5.74, 6) is 1.71. The van der Waals surface area contributed by atoms with Gasteiger partial charge in [0.2, 0.25) is 0 Å². The zero-order valence-corrected chi connectivity index (χ0v) is 15.1. The van der Waals surface area contributed by atoms with E-state index in [-0.39, 0.29) is 5.91 Å². The summed E-state index contributed by atoms with van der Waals surface area (Å²) in [6, 6.07) is 14.4. The van der Waals surface area contributed by atoms with Crippen molar-refractivity contribution in [3.8, 4) is 17.2 Å². The van der Waals surface area contributed by atoms with E-state index in [0.717, 1.165) is 5.75 Å². The number of methoxy groups -OCH3 is 1. The van der Waals surface area contributed by atoms with Crippen molar-refractivity contribution in [2.75, 3.05) is 20.3 Å². The van der Waals surface area contributed by atoms with Crippen LogP contribution >= 0.6 is 11.6 Å². The number of hydrogen-bond acceptors (Lipinski definition) is 4. The Morgan fingerprint density at radius 3 is 2.64 bits per heavy atom. The van der Waals surface area contributed by atoms with E-state index in [1.807, 2.05) is 37.3 Å². The molecule has 0 saturated heterocycles. The monoisotopic (exact) mass is 363 g/mol. The molecule has 2 aromatic rings. The molecule has 5 nitrogen and oxygen atoms in total. The lowest BCUT2D eigenvalue weighted by Gasteiger charge is -2.18. The average Bonchev–Trinajstić information content (AvgIpc) is 2.64. The largest absolute Gasteiger partial charge is 0.497 e. The minimum Gasteiger partial charge on any atom is -0.497 e. The van der Waals surface area contributed by atoms with Gasteiger partial charge in [0.1, 0.15) is 23.9 Å². The second kappa shape index (κ2) is 9.79. The number of carbonyl (C=O) groups excluding carboxylic acids is 1. The molecule has 0 bridgehead atoms. The molecule has 6 heteroatoms. The summed E-state index contributed by atoms with van der Waals surface area (Å²) in [5, 5.41) is 3.29. The van der Waals surface area contributed by atoms with Crippen molar-refractivity contribution in [1.82, 2.24) is 5.32 Å². The van der Waals surface area contributed by atoms with Gasteiger partial charge in [-0.15, -0.1) is 0 Å². The summed E-state index contributed by atoms with van der Waals surface area (Å²) in [7, 11) is 1.60. The zero-order chi connectivity index (χ0) is 18.1. The lowest BCUT2D eigenvalue weighted by molar-refractivity contribution is -0.128. The van der Waals surface area contributed by atoms with Gasteiger partial charge in [-0.05, 0) is 30.7 Å². The van der Waals surface area contributed by atoms with Crippen LogP contribution in [-0.4, -0.2) is 32.3 Å². The van der Waals surface area contributed by atoms with Gasteiger partial charge in [0.15, 0.2) is 6.10 Å². The molecule has 1 unspecified atom stereocenters. The van der Waals surface area contributed by atoms with Crippen LogP contribution in [0.15, 0.2) is 48.5 Å². The highest BCUT2D eigenvalue weighted by Crippen LogP contribution is 2.24. The maximum absolute atomic E-state index is 12.2. The van der Waals surface area contributed by atoms with Crippen LogP contribution < -0.4 is 19.5 Å².